The summed E-state index contributed by atoms with van der Waals surface area (Å²) in [6.07, 6.45) is -0.339. The van der Waals surface area contributed by atoms with Crippen molar-refractivity contribution in [2.45, 2.75) is 25.6 Å². The van der Waals surface area contributed by atoms with E-state index in [0.29, 0.717) is 13.2 Å². The predicted molar refractivity (Wildman–Crippen MR) is 70.1 cm³/mol. The van der Waals surface area contributed by atoms with Crippen molar-refractivity contribution in [3.05, 3.63) is 29.8 Å². The molecule has 19 heavy (non-hydrogen) atoms. The summed E-state index contributed by atoms with van der Waals surface area (Å²) in [5, 5.41) is 0. The number of carbonyl (C=O) groups is 1. The Balaban J connectivity index is 2.08. The molecule has 1 aromatic rings. The molecular weight excluding hydrogens is 246 g/mol. The van der Waals surface area contributed by atoms with Crippen LogP contribution < -0.4 is 4.74 Å². The van der Waals surface area contributed by atoms with Gasteiger partial charge in [0.2, 0.25) is 0 Å². The second-order valence-electron chi connectivity index (χ2n) is 4.56. The normalized spacial score (nSPS) is 20.3. The van der Waals surface area contributed by atoms with Crippen LogP contribution >= 0.6 is 0 Å². The van der Waals surface area contributed by atoms with Crippen molar-refractivity contribution in [1.29, 1.82) is 0 Å². The highest BCUT2D eigenvalue weighted by molar-refractivity contribution is 5.70. The van der Waals surface area contributed by atoms with Crippen molar-refractivity contribution in [1.82, 2.24) is 4.90 Å². The molecular formula is C14H19NO4. The van der Waals surface area contributed by atoms with Gasteiger partial charge in [-0.05, 0) is 24.6 Å². The summed E-state index contributed by atoms with van der Waals surface area (Å²) in [6, 6.07) is 7.61. The number of hydrogen-bond donors (Lipinski definition) is 0. The average molecular weight is 265 g/mol. The average Bonchev–Trinajstić information content (AvgIpc) is 2.80. The molecule has 2 rings (SSSR count). The minimum atomic E-state index is -0.287. The number of nitrogens with zero attached hydrogens (tertiary/aromatic N) is 1. The predicted octanol–water partition coefficient (Wildman–Crippen LogP) is 2.05. The first-order valence-electron chi connectivity index (χ1n) is 6.25. The molecule has 104 valence electrons. The molecule has 1 unspecified atom stereocenters. The second-order valence-corrected chi connectivity index (χ2v) is 4.56. The van der Waals surface area contributed by atoms with Crippen LogP contribution in [0.25, 0.3) is 0 Å². The molecule has 1 fully saturated rings. The molecule has 1 amide bonds. The lowest BCUT2D eigenvalue weighted by Gasteiger charge is -2.25. The van der Waals surface area contributed by atoms with E-state index in [4.69, 9.17) is 14.2 Å². The largest absolute Gasteiger partial charge is 0.497 e. The Kier molecular flexibility index (Phi) is 4.27. The summed E-state index contributed by atoms with van der Waals surface area (Å²) in [5.74, 6) is 0.801. The molecule has 0 aliphatic carbocycles. The lowest BCUT2D eigenvalue weighted by atomic mass is 10.1. The van der Waals surface area contributed by atoms with Gasteiger partial charge in [0.15, 0.2) is 0 Å². The molecule has 1 aromatic carbocycles. The van der Waals surface area contributed by atoms with Gasteiger partial charge in [0.05, 0.1) is 19.3 Å². The summed E-state index contributed by atoms with van der Waals surface area (Å²) in [4.78, 5) is 13.5. The smallest absolute Gasteiger partial charge is 0.410 e. The molecule has 1 aliphatic rings. The third kappa shape index (κ3) is 2.98. The van der Waals surface area contributed by atoms with Gasteiger partial charge in [0, 0.05) is 13.7 Å². The lowest BCUT2D eigenvalue weighted by Crippen LogP contribution is -2.41. The van der Waals surface area contributed by atoms with Crippen LogP contribution in [-0.4, -0.2) is 44.0 Å². The molecule has 5 heteroatoms. The first-order valence-corrected chi connectivity index (χ1v) is 6.25. The van der Waals surface area contributed by atoms with Crippen molar-refractivity contribution in [2.75, 3.05) is 20.8 Å². The number of methoxy groups -OCH3 is 2. The van der Waals surface area contributed by atoms with E-state index in [2.05, 4.69) is 0 Å². The van der Waals surface area contributed by atoms with Gasteiger partial charge in [-0.3, -0.25) is 4.90 Å². The fraction of sp³-hybridized carbons (Fsp3) is 0.500. The Bertz CT molecular complexity index is 432. The standard InChI is InChI=1S/C14H19NO4/c1-10(17-2)13-9-19-14(16)15(13)8-11-4-6-12(18-3)7-5-11/h4-7,10,13H,8-9H2,1-3H3/t10-,13?/m0/s1. The Morgan fingerprint density at radius 1 is 1.37 bits per heavy atom. The topological polar surface area (TPSA) is 48.0 Å². The van der Waals surface area contributed by atoms with Crippen molar-refractivity contribution in [2.24, 2.45) is 0 Å². The van der Waals surface area contributed by atoms with Gasteiger partial charge in [-0.25, -0.2) is 4.79 Å². The highest BCUT2D eigenvalue weighted by Crippen LogP contribution is 2.21. The summed E-state index contributed by atoms with van der Waals surface area (Å²) in [5.41, 5.74) is 1.04. The molecule has 1 heterocycles. The number of carbonyl (C=O) groups excluding carboxylic acids is 1. The van der Waals surface area contributed by atoms with Crippen LogP contribution in [0.15, 0.2) is 24.3 Å². The van der Waals surface area contributed by atoms with Gasteiger partial charge in [-0.15, -0.1) is 0 Å². The van der Waals surface area contributed by atoms with E-state index in [1.54, 1.807) is 19.1 Å². The van der Waals surface area contributed by atoms with Crippen LogP contribution in [0.3, 0.4) is 0 Å². The van der Waals surface area contributed by atoms with Gasteiger partial charge in [-0.2, -0.15) is 0 Å². The third-order valence-electron chi connectivity index (χ3n) is 3.44. The molecule has 0 spiro atoms. The van der Waals surface area contributed by atoms with Gasteiger partial charge in [-0.1, -0.05) is 12.1 Å². The van der Waals surface area contributed by atoms with Gasteiger partial charge >= 0.3 is 6.09 Å². The molecule has 0 N–H and O–H groups in total. The van der Waals surface area contributed by atoms with Crippen molar-refractivity contribution < 1.29 is 19.0 Å². The van der Waals surface area contributed by atoms with E-state index in [1.807, 2.05) is 31.2 Å². The maximum absolute atomic E-state index is 11.8. The SMILES string of the molecule is COc1ccc(CN2C(=O)OCC2[C@H](C)OC)cc1. The van der Waals surface area contributed by atoms with Gasteiger partial charge in [0.25, 0.3) is 0 Å². The van der Waals surface area contributed by atoms with Crippen LogP contribution in [0.2, 0.25) is 0 Å². The summed E-state index contributed by atoms with van der Waals surface area (Å²) in [7, 11) is 3.27. The van der Waals surface area contributed by atoms with Crippen LogP contribution in [-0.2, 0) is 16.0 Å². The fourth-order valence-corrected chi connectivity index (χ4v) is 2.12. The maximum atomic E-state index is 11.8. The van der Waals surface area contributed by atoms with E-state index in [1.165, 1.54) is 0 Å². The molecule has 2 atom stereocenters. The van der Waals surface area contributed by atoms with E-state index in [0.717, 1.165) is 11.3 Å². The number of benzene rings is 1. The van der Waals surface area contributed by atoms with E-state index in [-0.39, 0.29) is 18.2 Å². The Morgan fingerprint density at radius 2 is 2.05 bits per heavy atom. The van der Waals surface area contributed by atoms with Gasteiger partial charge < -0.3 is 14.2 Å². The van der Waals surface area contributed by atoms with Crippen LogP contribution in [0.1, 0.15) is 12.5 Å². The molecule has 1 aliphatic heterocycles. The Hall–Kier alpha value is -1.75. The first kappa shape index (κ1) is 13.7. The second kappa shape index (κ2) is 5.93. The van der Waals surface area contributed by atoms with Gasteiger partial charge in [0.1, 0.15) is 12.4 Å². The molecule has 0 saturated carbocycles. The number of rotatable bonds is 5. The number of cyclic esters (lactones) is 1. The molecule has 0 radical (unpaired) electrons. The highest BCUT2D eigenvalue weighted by atomic mass is 16.6. The maximum Gasteiger partial charge on any atom is 0.410 e. The highest BCUT2D eigenvalue weighted by Gasteiger charge is 2.36. The molecule has 0 bridgehead atoms. The number of ether oxygens (including phenoxy) is 3. The monoisotopic (exact) mass is 265 g/mol. The zero-order valence-electron chi connectivity index (χ0n) is 11.5. The third-order valence-corrected chi connectivity index (χ3v) is 3.44. The quantitative estimate of drug-likeness (QED) is 0.817. The summed E-state index contributed by atoms with van der Waals surface area (Å²) < 4.78 is 15.5. The van der Waals surface area contributed by atoms with Crippen LogP contribution in [0.5, 0.6) is 5.75 Å². The summed E-state index contributed by atoms with van der Waals surface area (Å²) >= 11 is 0. The zero-order chi connectivity index (χ0) is 13.8. The molecule has 1 saturated heterocycles. The Morgan fingerprint density at radius 3 is 2.63 bits per heavy atom. The Labute approximate surface area is 113 Å². The van der Waals surface area contributed by atoms with E-state index < -0.39 is 0 Å². The first-order chi connectivity index (χ1) is 9.15. The van der Waals surface area contributed by atoms with Crippen LogP contribution in [0.4, 0.5) is 4.79 Å². The number of hydrogen-bond acceptors (Lipinski definition) is 4. The van der Waals surface area contributed by atoms with Crippen molar-refractivity contribution in [3.63, 3.8) is 0 Å². The zero-order valence-corrected chi connectivity index (χ0v) is 11.5. The minimum absolute atomic E-state index is 0.0420. The fourth-order valence-electron chi connectivity index (χ4n) is 2.12. The van der Waals surface area contributed by atoms with Crippen molar-refractivity contribution >= 4 is 6.09 Å². The minimum Gasteiger partial charge on any atom is -0.497 e. The number of amides is 1. The van der Waals surface area contributed by atoms with E-state index in [9.17, 15) is 4.79 Å². The molecule has 0 aromatic heterocycles. The van der Waals surface area contributed by atoms with Crippen LogP contribution in [0, 0.1) is 0 Å². The van der Waals surface area contributed by atoms with E-state index >= 15 is 0 Å². The van der Waals surface area contributed by atoms with Crippen molar-refractivity contribution in [3.8, 4) is 5.75 Å². The summed E-state index contributed by atoms with van der Waals surface area (Å²) in [6.45, 7) is 2.83. The molecule has 5 nitrogen and oxygen atoms in total. The lowest BCUT2D eigenvalue weighted by molar-refractivity contribution is 0.0521.